The number of nitro groups is 1. The van der Waals surface area contributed by atoms with Crippen LogP contribution in [0.5, 0.6) is 0 Å². The van der Waals surface area contributed by atoms with E-state index in [1.807, 2.05) is 15.9 Å². The number of carbonyl (C=O) groups excluding carboxylic acids is 1. The number of benzene rings is 1. The normalized spacial score (nSPS) is 19.1. The number of piperazine rings is 1. The molecule has 1 heterocycles. The average molecular weight is 410 g/mol. The highest BCUT2D eigenvalue weighted by Gasteiger charge is 2.27. The predicted molar refractivity (Wildman–Crippen MR) is 101 cm³/mol. The molecule has 2 fully saturated rings. The molecule has 0 radical (unpaired) electrons. The van der Waals surface area contributed by atoms with Crippen LogP contribution in [-0.4, -0.2) is 41.9 Å². The molecule has 1 aromatic carbocycles. The number of nitro benzene ring substituents is 1. The van der Waals surface area contributed by atoms with E-state index >= 15 is 0 Å². The molecule has 1 aliphatic heterocycles. The third-order valence-electron chi connectivity index (χ3n) is 5.30. The van der Waals surface area contributed by atoms with Crippen molar-refractivity contribution in [3.63, 3.8) is 0 Å². The first-order valence-corrected chi connectivity index (χ1v) is 9.80. The summed E-state index contributed by atoms with van der Waals surface area (Å²) in [7, 11) is 0. The van der Waals surface area contributed by atoms with Crippen molar-refractivity contribution in [3.8, 4) is 0 Å². The maximum absolute atomic E-state index is 12.5. The number of hydrogen-bond acceptors (Lipinski definition) is 4. The summed E-state index contributed by atoms with van der Waals surface area (Å²) >= 11 is 3.29. The Morgan fingerprint density at radius 2 is 1.84 bits per heavy atom. The van der Waals surface area contributed by atoms with E-state index in [0.717, 1.165) is 0 Å². The molecule has 25 heavy (non-hydrogen) atoms. The standard InChI is InChI=1S/C18H24BrN3O3/c19-15-6-7-16(17(13-15)22(24)25)20-8-10-21(11-9-20)18(23)12-14-4-2-1-3-5-14/h6-7,13-14H,1-5,8-12H2. The first kappa shape index (κ1) is 18.2. The van der Waals surface area contributed by atoms with Crippen LogP contribution in [-0.2, 0) is 4.79 Å². The molecule has 6 nitrogen and oxygen atoms in total. The molecule has 0 atom stereocenters. The molecule has 1 amide bonds. The summed E-state index contributed by atoms with van der Waals surface area (Å²) in [4.78, 5) is 27.4. The van der Waals surface area contributed by atoms with Crippen molar-refractivity contribution in [1.29, 1.82) is 0 Å². The third kappa shape index (κ3) is 4.51. The van der Waals surface area contributed by atoms with Crippen molar-refractivity contribution < 1.29 is 9.72 Å². The van der Waals surface area contributed by atoms with Gasteiger partial charge in [-0.05, 0) is 30.9 Å². The van der Waals surface area contributed by atoms with Gasteiger partial charge >= 0.3 is 0 Å². The number of nitrogens with zero attached hydrogens (tertiary/aromatic N) is 3. The van der Waals surface area contributed by atoms with Crippen LogP contribution in [0.25, 0.3) is 0 Å². The van der Waals surface area contributed by atoms with Crippen LogP contribution in [0.2, 0.25) is 0 Å². The van der Waals surface area contributed by atoms with Crippen molar-refractivity contribution >= 4 is 33.2 Å². The second kappa shape index (κ2) is 8.17. The number of rotatable bonds is 4. The Balaban J connectivity index is 1.58. The van der Waals surface area contributed by atoms with Gasteiger partial charge in [0, 0.05) is 43.1 Å². The molecule has 1 aliphatic carbocycles. The van der Waals surface area contributed by atoms with Crippen molar-refractivity contribution in [1.82, 2.24) is 4.90 Å². The van der Waals surface area contributed by atoms with Crippen molar-refractivity contribution in [2.45, 2.75) is 38.5 Å². The molecule has 136 valence electrons. The summed E-state index contributed by atoms with van der Waals surface area (Å²) in [6.45, 7) is 2.55. The first-order chi connectivity index (χ1) is 12.0. The summed E-state index contributed by atoms with van der Waals surface area (Å²) in [6, 6.07) is 5.14. The summed E-state index contributed by atoms with van der Waals surface area (Å²) in [5, 5.41) is 11.3. The third-order valence-corrected chi connectivity index (χ3v) is 5.79. The number of hydrogen-bond donors (Lipinski definition) is 0. The lowest BCUT2D eigenvalue weighted by Crippen LogP contribution is -2.49. The molecule has 1 saturated heterocycles. The Kier molecular flexibility index (Phi) is 5.93. The van der Waals surface area contributed by atoms with E-state index in [0.29, 0.717) is 48.7 Å². The van der Waals surface area contributed by atoms with E-state index in [1.54, 1.807) is 6.07 Å². The number of carbonyl (C=O) groups is 1. The lowest BCUT2D eigenvalue weighted by atomic mass is 9.86. The minimum absolute atomic E-state index is 0.108. The van der Waals surface area contributed by atoms with E-state index in [-0.39, 0.29) is 16.5 Å². The molecule has 7 heteroatoms. The van der Waals surface area contributed by atoms with Crippen LogP contribution in [0.15, 0.2) is 22.7 Å². The average Bonchev–Trinajstić information content (AvgIpc) is 2.62. The van der Waals surface area contributed by atoms with Gasteiger partial charge in [0.2, 0.25) is 5.91 Å². The van der Waals surface area contributed by atoms with Crippen molar-refractivity contribution in [2.24, 2.45) is 5.92 Å². The maximum Gasteiger partial charge on any atom is 0.293 e. The van der Waals surface area contributed by atoms with Gasteiger partial charge < -0.3 is 9.80 Å². The Morgan fingerprint density at radius 3 is 2.48 bits per heavy atom. The van der Waals surface area contributed by atoms with Gasteiger partial charge in [0.15, 0.2) is 0 Å². The van der Waals surface area contributed by atoms with Crippen LogP contribution < -0.4 is 4.90 Å². The van der Waals surface area contributed by atoms with Crippen LogP contribution >= 0.6 is 15.9 Å². The molecule has 2 aliphatic rings. The van der Waals surface area contributed by atoms with E-state index in [9.17, 15) is 14.9 Å². The summed E-state index contributed by atoms with van der Waals surface area (Å²) in [6.07, 6.45) is 6.82. The number of halogens is 1. The van der Waals surface area contributed by atoms with Crippen LogP contribution in [0.1, 0.15) is 38.5 Å². The van der Waals surface area contributed by atoms with E-state index < -0.39 is 0 Å². The lowest BCUT2D eigenvalue weighted by Gasteiger charge is -2.36. The highest BCUT2D eigenvalue weighted by Crippen LogP contribution is 2.32. The zero-order chi connectivity index (χ0) is 17.8. The summed E-state index contributed by atoms with van der Waals surface area (Å²) < 4.78 is 0.698. The molecular formula is C18H24BrN3O3. The number of anilines is 1. The smallest absolute Gasteiger partial charge is 0.293 e. The van der Waals surface area contributed by atoms with Gasteiger partial charge in [-0.25, -0.2) is 0 Å². The molecule has 1 saturated carbocycles. The van der Waals surface area contributed by atoms with Gasteiger partial charge in [-0.3, -0.25) is 14.9 Å². The Bertz CT molecular complexity index is 638. The Labute approximate surface area is 156 Å². The topological polar surface area (TPSA) is 66.7 Å². The molecular weight excluding hydrogens is 386 g/mol. The predicted octanol–water partition coefficient (Wildman–Crippen LogP) is 3.98. The largest absolute Gasteiger partial charge is 0.362 e. The quantitative estimate of drug-likeness (QED) is 0.557. The van der Waals surface area contributed by atoms with Crippen LogP contribution in [0, 0.1) is 16.0 Å². The molecule has 1 aromatic rings. The molecule has 0 spiro atoms. The zero-order valence-electron chi connectivity index (χ0n) is 14.3. The monoisotopic (exact) mass is 409 g/mol. The van der Waals surface area contributed by atoms with Gasteiger partial charge in [0.1, 0.15) is 5.69 Å². The van der Waals surface area contributed by atoms with Gasteiger partial charge in [0.05, 0.1) is 4.92 Å². The molecule has 0 N–H and O–H groups in total. The van der Waals surface area contributed by atoms with E-state index in [1.165, 1.54) is 38.2 Å². The molecule has 0 bridgehead atoms. The van der Waals surface area contributed by atoms with Crippen LogP contribution in [0.3, 0.4) is 0 Å². The minimum Gasteiger partial charge on any atom is -0.362 e. The molecule has 0 aromatic heterocycles. The highest BCUT2D eigenvalue weighted by molar-refractivity contribution is 9.10. The van der Waals surface area contributed by atoms with Gasteiger partial charge in [-0.15, -0.1) is 0 Å². The fourth-order valence-corrected chi connectivity index (χ4v) is 4.22. The van der Waals surface area contributed by atoms with Crippen LogP contribution in [0.4, 0.5) is 11.4 Å². The lowest BCUT2D eigenvalue weighted by molar-refractivity contribution is -0.384. The highest BCUT2D eigenvalue weighted by atomic mass is 79.9. The fraction of sp³-hybridized carbons (Fsp3) is 0.611. The van der Waals surface area contributed by atoms with E-state index in [2.05, 4.69) is 15.9 Å². The summed E-state index contributed by atoms with van der Waals surface area (Å²) in [5.74, 6) is 0.795. The minimum atomic E-state index is -0.347. The second-order valence-electron chi connectivity index (χ2n) is 6.97. The van der Waals surface area contributed by atoms with E-state index in [4.69, 9.17) is 0 Å². The Hall–Kier alpha value is -1.63. The van der Waals surface area contributed by atoms with Gasteiger partial charge in [-0.2, -0.15) is 0 Å². The summed E-state index contributed by atoms with van der Waals surface area (Å²) in [5.41, 5.74) is 0.740. The Morgan fingerprint density at radius 1 is 1.16 bits per heavy atom. The molecule has 0 unspecified atom stereocenters. The zero-order valence-corrected chi connectivity index (χ0v) is 15.9. The van der Waals surface area contributed by atoms with Crippen molar-refractivity contribution in [3.05, 3.63) is 32.8 Å². The van der Waals surface area contributed by atoms with Crippen molar-refractivity contribution in [2.75, 3.05) is 31.1 Å². The first-order valence-electron chi connectivity index (χ1n) is 9.01. The SMILES string of the molecule is O=C(CC1CCCCC1)N1CCN(c2ccc(Br)cc2[N+](=O)[O-])CC1. The van der Waals surface area contributed by atoms with Gasteiger partial charge in [0.25, 0.3) is 5.69 Å². The second-order valence-corrected chi connectivity index (χ2v) is 7.88. The maximum atomic E-state index is 12.5. The fourth-order valence-electron chi connectivity index (χ4n) is 3.87. The molecule has 3 rings (SSSR count). The van der Waals surface area contributed by atoms with Gasteiger partial charge in [-0.1, -0.05) is 35.2 Å². The number of amides is 1.